The monoisotopic (exact) mass is 572 g/mol. The van der Waals surface area contributed by atoms with Crippen LogP contribution in [-0.2, 0) is 27.3 Å². The number of ether oxygens (including phenoxy) is 2. The largest absolute Gasteiger partial charge is 0.445 e. The van der Waals surface area contributed by atoms with Gasteiger partial charge in [-0.3, -0.25) is 9.59 Å². The SMILES string of the molecule is COCCNC(=O)[C@H](Cc1ccc(C(=O)Nc2cc(-c3cccs3)ccc2N)cc1)NC(=O)OCc1ccccc1. The minimum absolute atomic E-state index is 0.0786. The fourth-order valence-corrected chi connectivity index (χ4v) is 4.72. The predicted molar refractivity (Wildman–Crippen MR) is 161 cm³/mol. The van der Waals surface area contributed by atoms with Crippen molar-refractivity contribution in [2.24, 2.45) is 0 Å². The van der Waals surface area contributed by atoms with Crippen molar-refractivity contribution < 1.29 is 23.9 Å². The quantitative estimate of drug-likeness (QED) is 0.142. The van der Waals surface area contributed by atoms with E-state index in [0.717, 1.165) is 21.6 Å². The number of methoxy groups -OCH3 is 1. The number of rotatable bonds is 12. The van der Waals surface area contributed by atoms with Crippen LogP contribution in [0.4, 0.5) is 16.2 Å². The first-order valence-corrected chi connectivity index (χ1v) is 13.9. The van der Waals surface area contributed by atoms with Gasteiger partial charge < -0.3 is 31.2 Å². The summed E-state index contributed by atoms with van der Waals surface area (Å²) in [6.07, 6.45) is -0.518. The van der Waals surface area contributed by atoms with Crippen molar-refractivity contribution in [2.45, 2.75) is 19.1 Å². The molecule has 3 aromatic carbocycles. The molecule has 10 heteroatoms. The molecule has 1 heterocycles. The Bertz CT molecular complexity index is 1440. The van der Waals surface area contributed by atoms with Gasteiger partial charge in [0.2, 0.25) is 5.91 Å². The molecule has 0 spiro atoms. The van der Waals surface area contributed by atoms with E-state index in [-0.39, 0.29) is 24.8 Å². The van der Waals surface area contributed by atoms with Crippen LogP contribution >= 0.6 is 11.3 Å². The third-order valence-corrected chi connectivity index (χ3v) is 7.11. The number of nitrogens with one attached hydrogen (secondary N) is 3. The van der Waals surface area contributed by atoms with Crippen molar-refractivity contribution in [3.05, 3.63) is 107 Å². The normalized spacial score (nSPS) is 11.3. The van der Waals surface area contributed by atoms with Crippen molar-refractivity contribution >= 4 is 40.6 Å². The second-order valence-corrected chi connectivity index (χ2v) is 10.1. The average molecular weight is 573 g/mol. The fourth-order valence-electron chi connectivity index (χ4n) is 4.00. The van der Waals surface area contributed by atoms with Crippen LogP contribution in [0.5, 0.6) is 0 Å². The molecule has 0 bridgehead atoms. The van der Waals surface area contributed by atoms with Crippen LogP contribution in [-0.4, -0.2) is 44.2 Å². The first-order chi connectivity index (χ1) is 19.9. The summed E-state index contributed by atoms with van der Waals surface area (Å²) in [6, 6.07) is 24.7. The number of carbonyl (C=O) groups excluding carboxylic acids is 3. The number of anilines is 2. The Kier molecular flexibility index (Phi) is 10.5. The molecule has 0 radical (unpaired) electrons. The average Bonchev–Trinajstić information content (AvgIpc) is 3.53. The summed E-state index contributed by atoms with van der Waals surface area (Å²) in [5, 5.41) is 10.3. The summed E-state index contributed by atoms with van der Waals surface area (Å²) >= 11 is 1.60. The Balaban J connectivity index is 1.40. The van der Waals surface area contributed by atoms with E-state index in [1.165, 1.54) is 7.11 Å². The number of nitrogens with two attached hydrogens (primary N) is 1. The standard InChI is InChI=1S/C31H32N4O5S/c1-39-16-15-33-30(37)27(35-31(38)40-20-22-6-3-2-4-7-22)18-21-9-11-23(12-10-21)29(36)34-26-19-24(13-14-25(26)32)28-8-5-17-41-28/h2-14,17,19,27H,15-16,18,20,32H2,1H3,(H,33,37)(H,34,36)(H,35,38)/t27-/m0/s1. The topological polar surface area (TPSA) is 132 Å². The van der Waals surface area contributed by atoms with Gasteiger partial charge in [0.05, 0.1) is 18.0 Å². The lowest BCUT2D eigenvalue weighted by Crippen LogP contribution is -2.48. The van der Waals surface area contributed by atoms with E-state index in [0.29, 0.717) is 30.1 Å². The molecule has 0 saturated carbocycles. The Labute approximate surface area is 242 Å². The van der Waals surface area contributed by atoms with Gasteiger partial charge in [-0.1, -0.05) is 54.6 Å². The Morgan fingerprint density at radius 3 is 2.41 bits per heavy atom. The van der Waals surface area contributed by atoms with Gasteiger partial charge in [-0.05, 0) is 52.4 Å². The Morgan fingerprint density at radius 1 is 0.927 bits per heavy atom. The fraction of sp³-hybridized carbons (Fsp3) is 0.194. The van der Waals surface area contributed by atoms with Gasteiger partial charge in [0, 0.05) is 30.5 Å². The first kappa shape index (κ1) is 29.3. The molecule has 4 aromatic rings. The Hall–Kier alpha value is -4.67. The highest BCUT2D eigenvalue weighted by Crippen LogP contribution is 2.30. The lowest BCUT2D eigenvalue weighted by molar-refractivity contribution is -0.123. The molecule has 1 atom stereocenters. The number of carbonyl (C=O) groups is 3. The highest BCUT2D eigenvalue weighted by molar-refractivity contribution is 7.13. The predicted octanol–water partition coefficient (Wildman–Crippen LogP) is 4.85. The van der Waals surface area contributed by atoms with Gasteiger partial charge in [-0.15, -0.1) is 11.3 Å². The molecule has 212 valence electrons. The second-order valence-electron chi connectivity index (χ2n) is 9.18. The van der Waals surface area contributed by atoms with E-state index in [9.17, 15) is 14.4 Å². The molecule has 3 amide bonds. The lowest BCUT2D eigenvalue weighted by Gasteiger charge is -2.19. The molecule has 0 aliphatic heterocycles. The molecule has 1 aromatic heterocycles. The molecule has 0 unspecified atom stereocenters. The number of hydrogen-bond donors (Lipinski definition) is 4. The summed E-state index contributed by atoms with van der Waals surface area (Å²) < 4.78 is 10.3. The molecule has 0 aliphatic carbocycles. The first-order valence-electron chi connectivity index (χ1n) is 13.0. The van der Waals surface area contributed by atoms with E-state index >= 15 is 0 Å². The van der Waals surface area contributed by atoms with Gasteiger partial charge in [-0.25, -0.2) is 4.79 Å². The minimum atomic E-state index is -0.894. The zero-order chi connectivity index (χ0) is 29.0. The molecule has 0 fully saturated rings. The van der Waals surface area contributed by atoms with E-state index < -0.39 is 12.1 Å². The van der Waals surface area contributed by atoms with Gasteiger partial charge in [-0.2, -0.15) is 0 Å². The van der Waals surface area contributed by atoms with Crippen molar-refractivity contribution in [1.29, 1.82) is 0 Å². The number of amides is 3. The van der Waals surface area contributed by atoms with Crippen molar-refractivity contribution in [3.8, 4) is 10.4 Å². The summed E-state index contributed by atoms with van der Waals surface area (Å²) in [5.41, 5.74) is 10.1. The van der Waals surface area contributed by atoms with E-state index in [1.54, 1.807) is 41.7 Å². The molecule has 4 rings (SSSR count). The number of hydrogen-bond acceptors (Lipinski definition) is 7. The summed E-state index contributed by atoms with van der Waals surface area (Å²) in [5.74, 6) is -0.690. The van der Waals surface area contributed by atoms with E-state index in [2.05, 4.69) is 16.0 Å². The van der Waals surface area contributed by atoms with Crippen LogP contribution in [0.25, 0.3) is 10.4 Å². The number of nitrogen functional groups attached to an aromatic ring is 1. The second kappa shape index (κ2) is 14.6. The van der Waals surface area contributed by atoms with Crippen LogP contribution < -0.4 is 21.7 Å². The molecule has 41 heavy (non-hydrogen) atoms. The van der Waals surface area contributed by atoms with Crippen LogP contribution in [0.3, 0.4) is 0 Å². The zero-order valence-corrected chi connectivity index (χ0v) is 23.4. The van der Waals surface area contributed by atoms with Crippen LogP contribution in [0.15, 0.2) is 90.3 Å². The van der Waals surface area contributed by atoms with Crippen molar-refractivity contribution in [2.75, 3.05) is 31.3 Å². The molecule has 9 nitrogen and oxygen atoms in total. The molecule has 0 saturated heterocycles. The summed E-state index contributed by atoms with van der Waals surface area (Å²) in [4.78, 5) is 39.4. The smallest absolute Gasteiger partial charge is 0.408 e. The number of benzene rings is 3. The highest BCUT2D eigenvalue weighted by Gasteiger charge is 2.22. The lowest BCUT2D eigenvalue weighted by atomic mass is 10.0. The zero-order valence-electron chi connectivity index (χ0n) is 22.6. The van der Waals surface area contributed by atoms with Crippen LogP contribution in [0.1, 0.15) is 21.5 Å². The summed E-state index contributed by atoms with van der Waals surface area (Å²) in [7, 11) is 1.54. The third-order valence-electron chi connectivity index (χ3n) is 6.19. The maximum Gasteiger partial charge on any atom is 0.408 e. The van der Waals surface area contributed by atoms with Gasteiger partial charge in [0.1, 0.15) is 12.6 Å². The Morgan fingerprint density at radius 2 is 1.71 bits per heavy atom. The van der Waals surface area contributed by atoms with Gasteiger partial charge in [0.25, 0.3) is 5.91 Å². The van der Waals surface area contributed by atoms with Crippen LogP contribution in [0.2, 0.25) is 0 Å². The molecular formula is C31H32N4O5S. The van der Waals surface area contributed by atoms with Gasteiger partial charge in [0.15, 0.2) is 0 Å². The molecule has 5 N–H and O–H groups in total. The highest BCUT2D eigenvalue weighted by atomic mass is 32.1. The number of thiophene rings is 1. The maximum absolute atomic E-state index is 13.0. The molecular weight excluding hydrogens is 540 g/mol. The number of alkyl carbamates (subject to hydrolysis) is 1. The van der Waals surface area contributed by atoms with E-state index in [1.807, 2.05) is 60.0 Å². The molecule has 0 aliphatic rings. The third kappa shape index (κ3) is 8.66. The van der Waals surface area contributed by atoms with Crippen molar-refractivity contribution in [3.63, 3.8) is 0 Å². The van der Waals surface area contributed by atoms with E-state index in [4.69, 9.17) is 15.2 Å². The summed E-state index contributed by atoms with van der Waals surface area (Å²) in [6.45, 7) is 0.708. The van der Waals surface area contributed by atoms with Crippen molar-refractivity contribution in [1.82, 2.24) is 10.6 Å². The minimum Gasteiger partial charge on any atom is -0.445 e. The maximum atomic E-state index is 13.0. The van der Waals surface area contributed by atoms with Gasteiger partial charge >= 0.3 is 6.09 Å². The van der Waals surface area contributed by atoms with Crippen LogP contribution in [0, 0.1) is 0 Å².